The summed E-state index contributed by atoms with van der Waals surface area (Å²) < 4.78 is 2.27. The summed E-state index contributed by atoms with van der Waals surface area (Å²) in [5.74, 6) is 9.00. The average Bonchev–Trinajstić information content (AvgIpc) is 3.40. The number of aryl methyl sites for hydroxylation is 2. The fourth-order valence-electron chi connectivity index (χ4n) is 4.46. The lowest BCUT2D eigenvalue weighted by Crippen LogP contribution is -2.30. The zero-order chi connectivity index (χ0) is 22.7. The third-order valence-corrected chi connectivity index (χ3v) is 6.08. The van der Waals surface area contributed by atoms with Crippen molar-refractivity contribution in [3.8, 4) is 11.8 Å². The van der Waals surface area contributed by atoms with E-state index in [2.05, 4.69) is 64.7 Å². The molecule has 32 heavy (non-hydrogen) atoms. The van der Waals surface area contributed by atoms with E-state index in [4.69, 9.17) is 9.97 Å². The fraction of sp³-hybridized carbons (Fsp3) is 0.600. The second kappa shape index (κ2) is 9.41. The van der Waals surface area contributed by atoms with Gasteiger partial charge in [-0.25, -0.2) is 9.97 Å². The third-order valence-electron chi connectivity index (χ3n) is 6.08. The lowest BCUT2D eigenvalue weighted by Gasteiger charge is -2.22. The molecule has 2 N–H and O–H groups in total. The Morgan fingerprint density at radius 2 is 2.16 bits per heavy atom. The molecule has 2 aliphatic rings. The van der Waals surface area contributed by atoms with Crippen LogP contribution in [0.1, 0.15) is 64.0 Å². The number of nitrogens with one attached hydrogen (secondary N) is 2. The van der Waals surface area contributed by atoms with Crippen LogP contribution >= 0.6 is 0 Å². The highest BCUT2D eigenvalue weighted by Gasteiger charge is 2.25. The van der Waals surface area contributed by atoms with Crippen molar-refractivity contribution in [3.05, 3.63) is 23.3 Å². The van der Waals surface area contributed by atoms with Crippen molar-refractivity contribution in [2.45, 2.75) is 59.9 Å². The number of hydrogen-bond donors (Lipinski definition) is 2. The summed E-state index contributed by atoms with van der Waals surface area (Å²) in [5, 5.41) is 6.77. The van der Waals surface area contributed by atoms with Crippen LogP contribution in [0.15, 0.2) is 16.2 Å². The Kier molecular flexibility index (Phi) is 6.61. The Morgan fingerprint density at radius 3 is 2.84 bits per heavy atom. The van der Waals surface area contributed by atoms with Crippen LogP contribution in [0.2, 0.25) is 0 Å². The maximum Gasteiger partial charge on any atom is 0.163 e. The van der Waals surface area contributed by atoms with Gasteiger partial charge in [-0.1, -0.05) is 5.92 Å². The molecule has 0 amide bonds. The number of amidine groups is 1. The topological polar surface area (TPSA) is 79.5 Å². The van der Waals surface area contributed by atoms with Gasteiger partial charge in [-0.15, -0.1) is 0 Å². The van der Waals surface area contributed by atoms with Gasteiger partial charge in [0.1, 0.15) is 23.6 Å². The fourth-order valence-corrected chi connectivity index (χ4v) is 4.46. The summed E-state index contributed by atoms with van der Waals surface area (Å²) in [4.78, 5) is 18.9. The number of aliphatic imine (C=N–C) groups is 2. The Labute approximate surface area is 191 Å². The van der Waals surface area contributed by atoms with Crippen LogP contribution in [0.25, 0.3) is 11.0 Å². The number of piperidine rings is 1. The molecule has 1 fully saturated rings. The van der Waals surface area contributed by atoms with E-state index >= 15 is 0 Å². The van der Waals surface area contributed by atoms with Crippen LogP contribution in [0.4, 0.5) is 0 Å². The molecule has 7 heteroatoms. The quantitative estimate of drug-likeness (QED) is 0.710. The van der Waals surface area contributed by atoms with Gasteiger partial charge in [-0.05, 0) is 83.9 Å². The summed E-state index contributed by atoms with van der Waals surface area (Å²) in [6.45, 7) is 12.1. The van der Waals surface area contributed by atoms with Gasteiger partial charge in [0.2, 0.25) is 0 Å². The summed E-state index contributed by atoms with van der Waals surface area (Å²) in [5.41, 5.74) is 4.73. The zero-order valence-electron chi connectivity index (χ0n) is 20.0. The number of imidazole rings is 1. The maximum absolute atomic E-state index is 5.05. The molecule has 2 aromatic rings. The van der Waals surface area contributed by atoms with E-state index in [0.29, 0.717) is 6.67 Å². The molecule has 4 heterocycles. The predicted molar refractivity (Wildman–Crippen MR) is 131 cm³/mol. The number of pyridine rings is 1. The van der Waals surface area contributed by atoms with Crippen molar-refractivity contribution < 1.29 is 0 Å². The monoisotopic (exact) mass is 433 g/mol. The van der Waals surface area contributed by atoms with Gasteiger partial charge in [0.15, 0.2) is 11.7 Å². The lowest BCUT2D eigenvalue weighted by atomic mass is 9.92. The number of rotatable bonds is 5. The number of aromatic nitrogens is 3. The molecule has 1 saturated heterocycles. The SMILES string of the molecule is CCn1c(C2=NCNC2=NC)nc2c(C#CC(C)(C)C)ncc(CCC3CCCNC3)c21. The first-order valence-corrected chi connectivity index (χ1v) is 11.8. The van der Waals surface area contributed by atoms with Gasteiger partial charge < -0.3 is 15.2 Å². The molecule has 4 rings (SSSR count). The van der Waals surface area contributed by atoms with E-state index in [9.17, 15) is 0 Å². The van der Waals surface area contributed by atoms with Gasteiger partial charge in [0.05, 0.1) is 5.52 Å². The van der Waals surface area contributed by atoms with Gasteiger partial charge in [-0.2, -0.15) is 0 Å². The first kappa shape index (κ1) is 22.5. The molecule has 0 aromatic carbocycles. The molecule has 1 atom stereocenters. The second-order valence-electron chi connectivity index (χ2n) is 9.67. The van der Waals surface area contributed by atoms with E-state index in [0.717, 1.165) is 72.5 Å². The van der Waals surface area contributed by atoms with Crippen LogP contribution in [0.5, 0.6) is 0 Å². The Bertz CT molecular complexity index is 1100. The molecule has 0 radical (unpaired) electrons. The Morgan fingerprint density at radius 1 is 1.31 bits per heavy atom. The number of hydrogen-bond acceptors (Lipinski definition) is 5. The van der Waals surface area contributed by atoms with Crippen molar-refractivity contribution in [2.24, 2.45) is 21.3 Å². The molecule has 7 nitrogen and oxygen atoms in total. The van der Waals surface area contributed by atoms with E-state index in [1.807, 2.05) is 6.20 Å². The molecule has 0 spiro atoms. The van der Waals surface area contributed by atoms with Crippen molar-refractivity contribution in [2.75, 3.05) is 26.8 Å². The Balaban J connectivity index is 1.82. The molecule has 0 bridgehead atoms. The molecule has 0 aliphatic carbocycles. The van der Waals surface area contributed by atoms with E-state index in [-0.39, 0.29) is 5.41 Å². The van der Waals surface area contributed by atoms with Crippen molar-refractivity contribution in [1.29, 1.82) is 0 Å². The highest BCUT2D eigenvalue weighted by Crippen LogP contribution is 2.27. The normalized spacial score (nSPS) is 20.2. The van der Waals surface area contributed by atoms with Crippen molar-refractivity contribution >= 4 is 22.6 Å². The van der Waals surface area contributed by atoms with Crippen LogP contribution in [-0.4, -0.2) is 52.9 Å². The molecule has 0 saturated carbocycles. The molecule has 170 valence electrons. The zero-order valence-corrected chi connectivity index (χ0v) is 20.0. The third kappa shape index (κ3) is 4.71. The van der Waals surface area contributed by atoms with Crippen LogP contribution in [0, 0.1) is 23.2 Å². The first-order valence-electron chi connectivity index (χ1n) is 11.8. The van der Waals surface area contributed by atoms with E-state index in [1.54, 1.807) is 7.05 Å². The summed E-state index contributed by atoms with van der Waals surface area (Å²) in [6, 6.07) is 0. The summed E-state index contributed by atoms with van der Waals surface area (Å²) in [6.07, 6.45) is 6.74. The van der Waals surface area contributed by atoms with Crippen LogP contribution in [0.3, 0.4) is 0 Å². The lowest BCUT2D eigenvalue weighted by molar-refractivity contribution is 0.358. The van der Waals surface area contributed by atoms with Gasteiger partial charge >= 0.3 is 0 Å². The minimum absolute atomic E-state index is 0.0989. The van der Waals surface area contributed by atoms with E-state index < -0.39 is 0 Å². The van der Waals surface area contributed by atoms with Gasteiger partial charge in [-0.3, -0.25) is 9.98 Å². The highest BCUT2D eigenvalue weighted by molar-refractivity contribution is 6.48. The number of nitrogens with zero attached hydrogens (tertiary/aromatic N) is 5. The van der Waals surface area contributed by atoms with Crippen LogP contribution < -0.4 is 10.6 Å². The van der Waals surface area contributed by atoms with Crippen molar-refractivity contribution in [1.82, 2.24) is 25.2 Å². The highest BCUT2D eigenvalue weighted by atomic mass is 15.2. The van der Waals surface area contributed by atoms with Crippen molar-refractivity contribution in [3.63, 3.8) is 0 Å². The standard InChI is InChI=1S/C25H35N7/c1-6-32-22-18(10-9-17-8-7-13-27-14-17)15-28-19(11-12-25(2,3)4)20(22)31-24(32)21-23(26-5)30-16-29-21/h15,17,27H,6-10,13-14,16H2,1-5H3,(H,26,30). The largest absolute Gasteiger partial charge is 0.349 e. The average molecular weight is 434 g/mol. The minimum Gasteiger partial charge on any atom is -0.349 e. The Hall–Kier alpha value is -2.72. The second-order valence-corrected chi connectivity index (χ2v) is 9.67. The molecule has 2 aliphatic heterocycles. The van der Waals surface area contributed by atoms with Gasteiger partial charge in [0, 0.05) is 25.2 Å². The molecular formula is C25H35N7. The minimum atomic E-state index is -0.0989. The van der Waals surface area contributed by atoms with Gasteiger partial charge in [0.25, 0.3) is 0 Å². The van der Waals surface area contributed by atoms with E-state index in [1.165, 1.54) is 18.4 Å². The molecule has 2 aromatic heterocycles. The maximum atomic E-state index is 5.05. The number of fused-ring (bicyclic) bond motifs is 1. The van der Waals surface area contributed by atoms with Crippen LogP contribution in [-0.2, 0) is 13.0 Å². The first-order chi connectivity index (χ1) is 15.4. The molecule has 1 unspecified atom stereocenters. The summed E-state index contributed by atoms with van der Waals surface area (Å²) in [7, 11) is 1.79. The summed E-state index contributed by atoms with van der Waals surface area (Å²) >= 11 is 0. The smallest absolute Gasteiger partial charge is 0.163 e. The molecular weight excluding hydrogens is 398 g/mol. The predicted octanol–water partition coefficient (Wildman–Crippen LogP) is 3.16.